The Bertz CT molecular complexity index is 464. The number of hydrogen-bond donors (Lipinski definition) is 2. The maximum atomic E-state index is 4.79. The standard InChI is InChI=1S/C19H32N4.HI/c1-3-13-23-14-11-18(16-23)15-22-19(20-4-2)21-12-10-17-8-6-5-7-9-17;/h5-9,18H,3-4,10-16H2,1-2H3,(H2,20,21,22);1H. The van der Waals surface area contributed by atoms with Gasteiger partial charge in [-0.25, -0.2) is 0 Å². The van der Waals surface area contributed by atoms with E-state index in [4.69, 9.17) is 4.99 Å². The Kier molecular flexibility index (Phi) is 11.1. The van der Waals surface area contributed by atoms with E-state index in [-0.39, 0.29) is 24.0 Å². The molecular weight excluding hydrogens is 411 g/mol. The van der Waals surface area contributed by atoms with Crippen LogP contribution in [0.25, 0.3) is 0 Å². The number of hydrogen-bond acceptors (Lipinski definition) is 2. The first-order valence-corrected chi connectivity index (χ1v) is 9.10. The summed E-state index contributed by atoms with van der Waals surface area (Å²) in [7, 11) is 0. The molecule has 0 aromatic heterocycles. The van der Waals surface area contributed by atoms with Gasteiger partial charge in [0, 0.05) is 26.2 Å². The molecule has 136 valence electrons. The lowest BCUT2D eigenvalue weighted by Crippen LogP contribution is -2.38. The molecule has 1 atom stereocenters. The van der Waals surface area contributed by atoms with Gasteiger partial charge in [0.25, 0.3) is 0 Å². The van der Waals surface area contributed by atoms with Crippen LogP contribution in [0.3, 0.4) is 0 Å². The Morgan fingerprint density at radius 1 is 1.21 bits per heavy atom. The third-order valence-corrected chi connectivity index (χ3v) is 4.31. The monoisotopic (exact) mass is 444 g/mol. The van der Waals surface area contributed by atoms with E-state index >= 15 is 0 Å². The lowest BCUT2D eigenvalue weighted by Gasteiger charge is -2.15. The number of likely N-dealkylation sites (tertiary alicyclic amines) is 1. The van der Waals surface area contributed by atoms with Gasteiger partial charge in [-0.3, -0.25) is 4.99 Å². The predicted octanol–water partition coefficient (Wildman–Crippen LogP) is 3.13. The summed E-state index contributed by atoms with van der Waals surface area (Å²) in [6.07, 6.45) is 3.56. The zero-order valence-electron chi connectivity index (χ0n) is 15.1. The second-order valence-corrected chi connectivity index (χ2v) is 6.34. The third kappa shape index (κ3) is 7.83. The Balaban J connectivity index is 0.00000288. The van der Waals surface area contributed by atoms with Gasteiger partial charge in [0.05, 0.1) is 0 Å². The molecule has 0 aliphatic carbocycles. The summed E-state index contributed by atoms with van der Waals surface area (Å²) in [5, 5.41) is 6.81. The molecule has 0 spiro atoms. The number of rotatable bonds is 8. The lowest BCUT2D eigenvalue weighted by molar-refractivity contribution is 0.326. The average Bonchev–Trinajstić information content (AvgIpc) is 3.02. The third-order valence-electron chi connectivity index (χ3n) is 4.31. The van der Waals surface area contributed by atoms with Crippen molar-refractivity contribution in [1.29, 1.82) is 0 Å². The van der Waals surface area contributed by atoms with Crippen molar-refractivity contribution in [3.8, 4) is 0 Å². The second kappa shape index (κ2) is 12.5. The molecule has 1 saturated heterocycles. The molecule has 1 aromatic carbocycles. The largest absolute Gasteiger partial charge is 0.357 e. The smallest absolute Gasteiger partial charge is 0.191 e. The van der Waals surface area contributed by atoms with Crippen molar-refractivity contribution in [2.24, 2.45) is 10.9 Å². The molecule has 1 heterocycles. The molecule has 0 radical (unpaired) electrons. The molecule has 1 aliphatic rings. The highest BCUT2D eigenvalue weighted by molar-refractivity contribution is 14.0. The average molecular weight is 444 g/mol. The van der Waals surface area contributed by atoms with Gasteiger partial charge in [-0.05, 0) is 50.8 Å². The van der Waals surface area contributed by atoms with Crippen molar-refractivity contribution >= 4 is 29.9 Å². The van der Waals surface area contributed by atoms with Crippen molar-refractivity contribution in [3.63, 3.8) is 0 Å². The summed E-state index contributed by atoms with van der Waals surface area (Å²) in [5.74, 6) is 1.67. The zero-order chi connectivity index (χ0) is 16.3. The lowest BCUT2D eigenvalue weighted by atomic mass is 10.1. The summed E-state index contributed by atoms with van der Waals surface area (Å²) in [6.45, 7) is 10.8. The quantitative estimate of drug-likeness (QED) is 0.368. The number of nitrogens with zero attached hydrogens (tertiary/aromatic N) is 2. The van der Waals surface area contributed by atoms with Crippen LogP contribution in [0.1, 0.15) is 32.3 Å². The highest BCUT2D eigenvalue weighted by Gasteiger charge is 2.21. The molecule has 1 aromatic rings. The number of benzene rings is 1. The summed E-state index contributed by atoms with van der Waals surface area (Å²) in [6, 6.07) is 10.6. The van der Waals surface area contributed by atoms with Gasteiger partial charge >= 0.3 is 0 Å². The van der Waals surface area contributed by atoms with Gasteiger partial charge in [0.1, 0.15) is 0 Å². The molecule has 1 unspecified atom stereocenters. The van der Waals surface area contributed by atoms with Crippen molar-refractivity contribution in [1.82, 2.24) is 15.5 Å². The van der Waals surface area contributed by atoms with Crippen molar-refractivity contribution in [2.45, 2.75) is 33.1 Å². The number of guanidine groups is 1. The fourth-order valence-corrected chi connectivity index (χ4v) is 3.11. The Morgan fingerprint density at radius 3 is 2.71 bits per heavy atom. The number of nitrogens with one attached hydrogen (secondary N) is 2. The van der Waals surface area contributed by atoms with Crippen LogP contribution in [0.2, 0.25) is 0 Å². The maximum absolute atomic E-state index is 4.79. The second-order valence-electron chi connectivity index (χ2n) is 6.34. The molecule has 4 nitrogen and oxygen atoms in total. The minimum Gasteiger partial charge on any atom is -0.357 e. The van der Waals surface area contributed by atoms with Gasteiger partial charge < -0.3 is 15.5 Å². The van der Waals surface area contributed by atoms with Gasteiger partial charge in [0.15, 0.2) is 5.96 Å². The van der Waals surface area contributed by atoms with Crippen LogP contribution in [-0.4, -0.2) is 50.1 Å². The van der Waals surface area contributed by atoms with E-state index in [0.717, 1.165) is 32.0 Å². The summed E-state index contributed by atoms with van der Waals surface area (Å²) >= 11 is 0. The molecule has 0 bridgehead atoms. The normalized spacial score (nSPS) is 18.2. The fourth-order valence-electron chi connectivity index (χ4n) is 3.11. The van der Waals surface area contributed by atoms with E-state index in [1.54, 1.807) is 0 Å². The predicted molar refractivity (Wildman–Crippen MR) is 114 cm³/mol. The molecular formula is C19H33IN4. The van der Waals surface area contributed by atoms with Gasteiger partial charge in [-0.15, -0.1) is 24.0 Å². The van der Waals surface area contributed by atoms with Gasteiger partial charge in [-0.1, -0.05) is 37.3 Å². The number of aliphatic imine (C=N–C) groups is 1. The highest BCUT2D eigenvalue weighted by Crippen LogP contribution is 2.16. The molecule has 0 saturated carbocycles. The first-order chi connectivity index (χ1) is 11.3. The number of halogens is 1. The van der Waals surface area contributed by atoms with Crippen LogP contribution in [0.15, 0.2) is 35.3 Å². The van der Waals surface area contributed by atoms with E-state index in [1.165, 1.54) is 38.0 Å². The highest BCUT2D eigenvalue weighted by atomic mass is 127. The van der Waals surface area contributed by atoms with E-state index in [0.29, 0.717) is 5.92 Å². The minimum atomic E-state index is 0. The summed E-state index contributed by atoms with van der Waals surface area (Å²) in [4.78, 5) is 7.35. The first kappa shape index (κ1) is 21.2. The van der Waals surface area contributed by atoms with Crippen LogP contribution < -0.4 is 10.6 Å². The molecule has 2 rings (SSSR count). The van der Waals surface area contributed by atoms with E-state index in [2.05, 4.69) is 59.7 Å². The Hall–Kier alpha value is -0.820. The molecule has 1 fully saturated rings. The molecule has 5 heteroatoms. The Morgan fingerprint density at radius 2 is 2.00 bits per heavy atom. The van der Waals surface area contributed by atoms with Crippen LogP contribution in [0, 0.1) is 5.92 Å². The fraction of sp³-hybridized carbons (Fsp3) is 0.632. The van der Waals surface area contributed by atoms with Crippen molar-refractivity contribution in [3.05, 3.63) is 35.9 Å². The van der Waals surface area contributed by atoms with Gasteiger partial charge in [0.2, 0.25) is 0 Å². The Labute approximate surface area is 164 Å². The summed E-state index contributed by atoms with van der Waals surface area (Å²) in [5.41, 5.74) is 1.36. The molecule has 1 aliphatic heterocycles. The summed E-state index contributed by atoms with van der Waals surface area (Å²) < 4.78 is 0. The van der Waals surface area contributed by atoms with E-state index < -0.39 is 0 Å². The first-order valence-electron chi connectivity index (χ1n) is 9.10. The molecule has 2 N–H and O–H groups in total. The van der Waals surface area contributed by atoms with E-state index in [1.807, 2.05) is 0 Å². The topological polar surface area (TPSA) is 39.7 Å². The minimum absolute atomic E-state index is 0. The molecule has 0 amide bonds. The van der Waals surface area contributed by atoms with Crippen LogP contribution >= 0.6 is 24.0 Å². The van der Waals surface area contributed by atoms with Crippen LogP contribution in [0.5, 0.6) is 0 Å². The van der Waals surface area contributed by atoms with Crippen molar-refractivity contribution in [2.75, 3.05) is 39.3 Å². The zero-order valence-corrected chi connectivity index (χ0v) is 17.5. The van der Waals surface area contributed by atoms with Gasteiger partial charge in [-0.2, -0.15) is 0 Å². The van der Waals surface area contributed by atoms with Crippen molar-refractivity contribution < 1.29 is 0 Å². The maximum Gasteiger partial charge on any atom is 0.191 e. The van der Waals surface area contributed by atoms with E-state index in [9.17, 15) is 0 Å². The van der Waals surface area contributed by atoms with Crippen LogP contribution in [-0.2, 0) is 6.42 Å². The SMILES string of the molecule is CCCN1CCC(CN=C(NCC)NCCc2ccccc2)C1.I. The molecule has 24 heavy (non-hydrogen) atoms. The van der Waals surface area contributed by atoms with Crippen LogP contribution in [0.4, 0.5) is 0 Å².